The number of nitrogens with zero attached hydrogens (tertiary/aromatic N) is 4. The number of hydrogen-bond acceptors (Lipinski definition) is 8. The lowest BCUT2D eigenvalue weighted by molar-refractivity contribution is -0.136. The number of fused-ring (bicyclic) bond motifs is 1. The van der Waals surface area contributed by atoms with E-state index >= 15 is 0 Å². The second-order valence-electron chi connectivity index (χ2n) is 11.2. The van der Waals surface area contributed by atoms with E-state index in [1.54, 1.807) is 23.3 Å². The largest absolute Gasteiger partial charge is 0.493 e. The molecule has 0 aliphatic carbocycles. The number of thiazole rings is 1. The van der Waals surface area contributed by atoms with Gasteiger partial charge in [-0.25, -0.2) is 14.5 Å². The van der Waals surface area contributed by atoms with E-state index in [0.717, 1.165) is 57.1 Å². The lowest BCUT2D eigenvalue weighted by atomic mass is 9.96. The molecule has 1 aliphatic rings. The van der Waals surface area contributed by atoms with Crippen molar-refractivity contribution in [3.8, 4) is 22.7 Å². The van der Waals surface area contributed by atoms with Gasteiger partial charge in [0.2, 0.25) is 0 Å². The number of para-hydroxylation sites is 1. The number of allylic oxidation sites excluding steroid dienone is 1. The van der Waals surface area contributed by atoms with Gasteiger partial charge < -0.3 is 9.47 Å². The van der Waals surface area contributed by atoms with E-state index in [-0.39, 0.29) is 5.56 Å². The molecule has 0 saturated carbocycles. The second kappa shape index (κ2) is 14.0. The fraction of sp³-hybridized carbons (Fsp3) is 0.243. The number of aromatic nitrogens is 3. The van der Waals surface area contributed by atoms with Crippen LogP contribution in [0.2, 0.25) is 0 Å². The number of esters is 1. The molecule has 2 aromatic heterocycles. The van der Waals surface area contributed by atoms with Gasteiger partial charge in [0.1, 0.15) is 11.4 Å². The van der Waals surface area contributed by atoms with Gasteiger partial charge in [-0.2, -0.15) is 5.10 Å². The number of ether oxygens (including phenoxy) is 2. The molecule has 1 unspecified atom stereocenters. The molecular formula is C37H36N4O4S2. The Morgan fingerprint density at radius 1 is 1.06 bits per heavy atom. The van der Waals surface area contributed by atoms with Crippen molar-refractivity contribution in [3.63, 3.8) is 0 Å². The number of methoxy groups -OCH3 is 1. The van der Waals surface area contributed by atoms with Crippen LogP contribution in [0.3, 0.4) is 0 Å². The zero-order valence-electron chi connectivity index (χ0n) is 27.0. The maximum atomic E-state index is 14.3. The van der Waals surface area contributed by atoms with E-state index in [4.69, 9.17) is 19.6 Å². The van der Waals surface area contributed by atoms with Gasteiger partial charge in [0.25, 0.3) is 5.56 Å². The molecule has 47 heavy (non-hydrogen) atoms. The molecule has 0 saturated heterocycles. The van der Waals surface area contributed by atoms with E-state index in [1.807, 2.05) is 96.9 Å². The maximum absolute atomic E-state index is 14.3. The highest BCUT2D eigenvalue weighted by molar-refractivity contribution is 7.98. The first kappa shape index (κ1) is 32.3. The average molecular weight is 665 g/mol. The molecular weight excluding hydrogens is 629 g/mol. The first-order valence-electron chi connectivity index (χ1n) is 15.5. The molecule has 8 nitrogen and oxygen atoms in total. The highest BCUT2D eigenvalue weighted by atomic mass is 32.2. The van der Waals surface area contributed by atoms with Crippen LogP contribution in [0.25, 0.3) is 23.0 Å². The number of benzene rings is 3. The van der Waals surface area contributed by atoms with Crippen LogP contribution in [0.15, 0.2) is 105 Å². The Bertz CT molecular complexity index is 2140. The molecule has 0 fully saturated rings. The van der Waals surface area contributed by atoms with Crippen LogP contribution in [0.1, 0.15) is 49.4 Å². The molecule has 0 bridgehead atoms. The van der Waals surface area contributed by atoms with Crippen LogP contribution in [0, 0.1) is 6.92 Å². The van der Waals surface area contributed by atoms with Crippen LogP contribution in [-0.4, -0.2) is 40.3 Å². The van der Waals surface area contributed by atoms with Crippen LogP contribution in [0.5, 0.6) is 5.75 Å². The zero-order valence-corrected chi connectivity index (χ0v) is 28.7. The SMILES string of the molecule is CCCCOc1ccc(-c2nn(-c3ccccc3)cc2C=c2sc3n(c2=O)C(c2ccc(SC)cc2)C(C(=O)OC)=C(C)N=3)cc1C. The minimum Gasteiger partial charge on any atom is -0.493 e. The summed E-state index contributed by atoms with van der Waals surface area (Å²) in [4.78, 5) is 33.7. The summed E-state index contributed by atoms with van der Waals surface area (Å²) in [6, 6.07) is 23.2. The van der Waals surface area contributed by atoms with Gasteiger partial charge in [0.05, 0.1) is 41.2 Å². The second-order valence-corrected chi connectivity index (χ2v) is 13.1. The molecule has 6 rings (SSSR count). The van der Waals surface area contributed by atoms with Crippen LogP contribution >= 0.6 is 23.1 Å². The number of carbonyl (C=O) groups is 1. The number of carbonyl (C=O) groups excluding carboxylic acids is 1. The van der Waals surface area contributed by atoms with Crippen LogP contribution in [0.4, 0.5) is 0 Å². The zero-order chi connectivity index (χ0) is 33.1. The molecule has 0 radical (unpaired) electrons. The molecule has 0 amide bonds. The molecule has 1 atom stereocenters. The number of unbranched alkanes of at least 4 members (excludes halogenated alkanes) is 1. The van der Waals surface area contributed by atoms with E-state index in [2.05, 4.69) is 13.0 Å². The average Bonchev–Trinajstić information content (AvgIpc) is 3.65. The van der Waals surface area contributed by atoms with Crippen molar-refractivity contribution in [1.82, 2.24) is 14.3 Å². The van der Waals surface area contributed by atoms with Crippen molar-refractivity contribution in [2.24, 2.45) is 4.99 Å². The number of aryl methyl sites for hydroxylation is 1. The minimum atomic E-state index is -0.675. The third kappa shape index (κ3) is 6.48. The topological polar surface area (TPSA) is 87.7 Å². The Kier molecular flexibility index (Phi) is 9.60. The van der Waals surface area contributed by atoms with Crippen molar-refractivity contribution in [1.29, 1.82) is 0 Å². The summed E-state index contributed by atoms with van der Waals surface area (Å²) < 4.78 is 15.1. The summed E-state index contributed by atoms with van der Waals surface area (Å²) in [6.45, 7) is 6.63. The third-order valence-corrected chi connectivity index (χ3v) is 9.84. The van der Waals surface area contributed by atoms with Crippen LogP contribution < -0.4 is 19.6 Å². The van der Waals surface area contributed by atoms with Crippen molar-refractivity contribution in [2.75, 3.05) is 20.0 Å². The molecule has 3 heterocycles. The fourth-order valence-electron chi connectivity index (χ4n) is 5.65. The van der Waals surface area contributed by atoms with E-state index in [9.17, 15) is 9.59 Å². The molecule has 5 aromatic rings. The quantitative estimate of drug-likeness (QED) is 0.0967. The number of rotatable bonds is 10. The Labute approximate surface area is 281 Å². The third-order valence-electron chi connectivity index (χ3n) is 8.11. The highest BCUT2D eigenvalue weighted by Gasteiger charge is 2.33. The lowest BCUT2D eigenvalue weighted by Crippen LogP contribution is -2.39. The van der Waals surface area contributed by atoms with Gasteiger partial charge in [0.15, 0.2) is 4.80 Å². The molecule has 3 aromatic carbocycles. The predicted molar refractivity (Wildman–Crippen MR) is 188 cm³/mol. The van der Waals surface area contributed by atoms with Gasteiger partial charge in [0, 0.05) is 22.2 Å². The van der Waals surface area contributed by atoms with E-state index in [0.29, 0.717) is 27.2 Å². The predicted octanol–water partition coefficient (Wildman–Crippen LogP) is 6.47. The normalized spacial score (nSPS) is 14.6. The fourth-order valence-corrected chi connectivity index (χ4v) is 7.10. The van der Waals surface area contributed by atoms with E-state index < -0.39 is 12.0 Å². The summed E-state index contributed by atoms with van der Waals surface area (Å²) in [5, 5.41) is 4.99. The van der Waals surface area contributed by atoms with Gasteiger partial charge >= 0.3 is 5.97 Å². The summed E-state index contributed by atoms with van der Waals surface area (Å²) in [7, 11) is 1.35. The minimum absolute atomic E-state index is 0.240. The summed E-state index contributed by atoms with van der Waals surface area (Å²) >= 11 is 2.92. The van der Waals surface area contributed by atoms with Crippen molar-refractivity contribution < 1.29 is 14.3 Å². The smallest absolute Gasteiger partial charge is 0.338 e. The Morgan fingerprint density at radius 3 is 2.51 bits per heavy atom. The Morgan fingerprint density at radius 2 is 1.83 bits per heavy atom. The Hall–Kier alpha value is -4.67. The lowest BCUT2D eigenvalue weighted by Gasteiger charge is -2.24. The number of hydrogen-bond donors (Lipinski definition) is 0. The molecule has 10 heteroatoms. The van der Waals surface area contributed by atoms with Gasteiger partial charge in [-0.3, -0.25) is 9.36 Å². The molecule has 240 valence electrons. The summed E-state index contributed by atoms with van der Waals surface area (Å²) in [5.41, 5.74) is 5.77. The Balaban J connectivity index is 1.51. The number of thioether (sulfide) groups is 1. The molecule has 1 aliphatic heterocycles. The summed E-state index contributed by atoms with van der Waals surface area (Å²) in [5.74, 6) is 0.338. The van der Waals surface area contributed by atoms with Crippen molar-refractivity contribution in [2.45, 2.75) is 44.6 Å². The molecule has 0 N–H and O–H groups in total. The van der Waals surface area contributed by atoms with E-state index in [1.165, 1.54) is 18.4 Å². The first-order chi connectivity index (χ1) is 22.8. The first-order valence-corrected chi connectivity index (χ1v) is 17.5. The molecule has 0 spiro atoms. The van der Waals surface area contributed by atoms with Gasteiger partial charge in [-0.05, 0) is 86.2 Å². The monoisotopic (exact) mass is 664 g/mol. The van der Waals surface area contributed by atoms with Crippen molar-refractivity contribution >= 4 is 35.1 Å². The van der Waals surface area contributed by atoms with Gasteiger partial charge in [-0.15, -0.1) is 11.8 Å². The van der Waals surface area contributed by atoms with Crippen LogP contribution in [-0.2, 0) is 9.53 Å². The van der Waals surface area contributed by atoms with Crippen molar-refractivity contribution in [3.05, 3.63) is 127 Å². The summed E-state index contributed by atoms with van der Waals surface area (Å²) in [6.07, 6.45) is 7.88. The maximum Gasteiger partial charge on any atom is 0.338 e. The highest BCUT2D eigenvalue weighted by Crippen LogP contribution is 2.32. The standard InChI is InChI=1S/C37H36N4O4S2/c1-6-7-19-45-30-18-15-26(20-23(30)2)33-27(22-40(39-33)28-11-9-8-10-12-28)21-31-35(42)41-34(25-13-16-29(46-5)17-14-25)32(36(43)44-4)24(3)38-37(41)47-31/h8-18,20-22,34H,6-7,19H2,1-5H3. The van der Waals surface area contributed by atoms with Gasteiger partial charge in [-0.1, -0.05) is 55.0 Å².